The molecule has 0 saturated carbocycles. The molecule has 1 aromatic heterocycles. The molecule has 0 aliphatic carbocycles. The Hall–Kier alpha value is -1.66. The van der Waals surface area contributed by atoms with Crippen LogP contribution in [0.3, 0.4) is 0 Å². The van der Waals surface area contributed by atoms with E-state index in [0.717, 1.165) is 9.80 Å². The van der Waals surface area contributed by atoms with Gasteiger partial charge in [0.15, 0.2) is 0 Å². The largest absolute Gasteiger partial charge is 0.622 e. The minimum absolute atomic E-state index is 0.320. The van der Waals surface area contributed by atoms with Crippen molar-refractivity contribution < 1.29 is 9.95 Å². The van der Waals surface area contributed by atoms with Gasteiger partial charge in [0.1, 0.15) is 11.2 Å². The van der Waals surface area contributed by atoms with Crippen LogP contribution in [-0.4, -0.2) is 31.2 Å². The molecule has 0 radical (unpaired) electrons. The zero-order chi connectivity index (χ0) is 16.8. The highest BCUT2D eigenvalue weighted by atomic mass is 35.5. The van der Waals surface area contributed by atoms with Gasteiger partial charge in [0.05, 0.1) is 10.6 Å². The number of nitrogens with zero attached hydrogens (tertiary/aromatic N) is 3. The van der Waals surface area contributed by atoms with Crippen LogP contribution in [0.15, 0.2) is 42.6 Å². The summed E-state index contributed by atoms with van der Waals surface area (Å²) < 4.78 is 0.747. The molecule has 2 aromatic rings. The van der Waals surface area contributed by atoms with Gasteiger partial charge in [-0.1, -0.05) is 29.3 Å². The molecule has 120 valence electrons. The number of hydroxylamine groups is 3. The minimum atomic E-state index is -0.966. The van der Waals surface area contributed by atoms with E-state index < -0.39 is 11.7 Å². The number of hydrogen-bond donors (Lipinski definition) is 1. The molecule has 1 aliphatic heterocycles. The van der Waals surface area contributed by atoms with E-state index >= 15 is 0 Å². The summed E-state index contributed by atoms with van der Waals surface area (Å²) in [5, 5.41) is 25.3. The van der Waals surface area contributed by atoms with Gasteiger partial charge in [-0.2, -0.15) is 4.74 Å². The zero-order valence-corrected chi connectivity index (χ0v) is 14.1. The van der Waals surface area contributed by atoms with Crippen molar-refractivity contribution in [2.24, 2.45) is 0 Å². The van der Waals surface area contributed by atoms with E-state index in [1.165, 1.54) is 0 Å². The highest BCUT2D eigenvalue weighted by Gasteiger charge is 2.53. The molecule has 2 heterocycles. The maximum Gasteiger partial charge on any atom is 0.269 e. The van der Waals surface area contributed by atoms with E-state index in [-0.39, 0.29) is 0 Å². The van der Waals surface area contributed by atoms with Gasteiger partial charge in [-0.05, 0) is 44.2 Å². The summed E-state index contributed by atoms with van der Waals surface area (Å²) in [7, 11) is 0. The van der Waals surface area contributed by atoms with Crippen LogP contribution >= 0.6 is 23.2 Å². The first-order valence-electron chi connectivity index (χ1n) is 7.02. The topological polar surface area (TPSA) is 62.4 Å². The fourth-order valence-corrected chi connectivity index (χ4v) is 3.31. The van der Waals surface area contributed by atoms with Crippen molar-refractivity contribution >= 4 is 28.9 Å². The van der Waals surface area contributed by atoms with Crippen LogP contribution in [0.25, 0.3) is 0 Å². The molecule has 7 heteroatoms. The normalized spacial score (nSPS) is 21.0. The molecule has 0 amide bonds. The maximum atomic E-state index is 12.9. The first kappa shape index (κ1) is 16.2. The monoisotopic (exact) mass is 351 g/mol. The molecule has 0 spiro atoms. The average molecular weight is 352 g/mol. The summed E-state index contributed by atoms with van der Waals surface area (Å²) >= 11 is 12.1. The molecule has 1 atom stereocenters. The molecular weight excluding hydrogens is 337 g/mol. The summed E-state index contributed by atoms with van der Waals surface area (Å²) in [6.45, 7) is 3.51. The third kappa shape index (κ3) is 2.60. The highest BCUT2D eigenvalue weighted by molar-refractivity contribution is 6.35. The lowest BCUT2D eigenvalue weighted by Gasteiger charge is -2.25. The van der Waals surface area contributed by atoms with Gasteiger partial charge in [0.2, 0.25) is 5.71 Å². The molecule has 23 heavy (non-hydrogen) atoms. The number of rotatable bonds is 2. The summed E-state index contributed by atoms with van der Waals surface area (Å²) in [5.74, 6) is 0. The zero-order valence-electron chi connectivity index (χ0n) is 12.6. The number of hydrogen-bond acceptors (Lipinski definition) is 4. The van der Waals surface area contributed by atoms with Crippen molar-refractivity contribution in [3.63, 3.8) is 0 Å². The van der Waals surface area contributed by atoms with Crippen molar-refractivity contribution in [2.45, 2.75) is 25.6 Å². The van der Waals surface area contributed by atoms with Gasteiger partial charge in [0, 0.05) is 11.2 Å². The smallest absolute Gasteiger partial charge is 0.269 e. The van der Waals surface area contributed by atoms with E-state index in [2.05, 4.69) is 4.98 Å². The summed E-state index contributed by atoms with van der Waals surface area (Å²) in [6, 6.07) is 10.1. The van der Waals surface area contributed by atoms with Crippen LogP contribution in [0.2, 0.25) is 10.0 Å². The second-order valence-corrected chi connectivity index (χ2v) is 6.68. The van der Waals surface area contributed by atoms with Crippen LogP contribution in [-0.2, 0) is 0 Å². The molecular formula is C16H15Cl2N3O2. The van der Waals surface area contributed by atoms with Crippen molar-refractivity contribution in [3.8, 4) is 0 Å². The van der Waals surface area contributed by atoms with Crippen LogP contribution in [0.1, 0.15) is 31.3 Å². The van der Waals surface area contributed by atoms with Crippen LogP contribution < -0.4 is 0 Å². The van der Waals surface area contributed by atoms with E-state index in [1.807, 2.05) is 0 Å². The molecule has 1 N–H and O–H groups in total. The SMILES string of the molecule is CC1(C)C(c2ccccn2)=[N+]([O-])[C@H](c2ccc(Cl)cc2Cl)N1O. The third-order valence-electron chi connectivity index (χ3n) is 3.97. The lowest BCUT2D eigenvalue weighted by Crippen LogP contribution is -2.44. The summed E-state index contributed by atoms with van der Waals surface area (Å²) in [5.41, 5.74) is 0.437. The standard InChI is InChI=1S/C16H15Cl2N3O2/c1-16(2)14(13-5-3-4-8-19-13)20(22)15(21(16)23)11-7-6-10(17)9-12(11)18/h3-9,15,23H,1-2H3/t15-/m0/s1. The predicted octanol–water partition coefficient (Wildman–Crippen LogP) is 3.87. The van der Waals surface area contributed by atoms with E-state index in [0.29, 0.717) is 27.0 Å². The van der Waals surface area contributed by atoms with Gasteiger partial charge < -0.3 is 10.4 Å². The predicted molar refractivity (Wildman–Crippen MR) is 88.9 cm³/mol. The Labute approximate surface area is 143 Å². The Bertz CT molecular complexity index is 778. The Morgan fingerprint density at radius 1 is 1.26 bits per heavy atom. The van der Waals surface area contributed by atoms with Crippen LogP contribution in [0, 0.1) is 5.21 Å². The Morgan fingerprint density at radius 3 is 2.61 bits per heavy atom. The second-order valence-electron chi connectivity index (χ2n) is 5.83. The first-order chi connectivity index (χ1) is 10.8. The van der Waals surface area contributed by atoms with Crippen molar-refractivity contribution in [1.29, 1.82) is 0 Å². The van der Waals surface area contributed by atoms with Gasteiger partial charge in [-0.15, -0.1) is 5.06 Å². The lowest BCUT2D eigenvalue weighted by molar-refractivity contribution is -0.544. The number of halogens is 2. The van der Waals surface area contributed by atoms with Gasteiger partial charge in [-0.25, -0.2) is 0 Å². The van der Waals surface area contributed by atoms with Crippen molar-refractivity contribution in [2.75, 3.05) is 0 Å². The highest BCUT2D eigenvalue weighted by Crippen LogP contribution is 2.39. The van der Waals surface area contributed by atoms with Gasteiger partial charge in [-0.3, -0.25) is 4.98 Å². The van der Waals surface area contributed by atoms with E-state index in [9.17, 15) is 10.4 Å². The second kappa shape index (κ2) is 5.76. The van der Waals surface area contributed by atoms with Gasteiger partial charge >= 0.3 is 0 Å². The van der Waals surface area contributed by atoms with Crippen molar-refractivity contribution in [1.82, 2.24) is 10.0 Å². The number of aromatic nitrogens is 1. The fraction of sp³-hybridized carbons (Fsp3) is 0.250. The Balaban J connectivity index is 2.17. The first-order valence-corrected chi connectivity index (χ1v) is 7.78. The van der Waals surface area contributed by atoms with E-state index in [4.69, 9.17) is 23.2 Å². The number of benzene rings is 1. The molecule has 5 nitrogen and oxygen atoms in total. The van der Waals surface area contributed by atoms with Crippen molar-refractivity contribution in [3.05, 3.63) is 69.1 Å². The average Bonchev–Trinajstić information content (AvgIpc) is 2.67. The minimum Gasteiger partial charge on any atom is -0.622 e. The Morgan fingerprint density at radius 2 is 2.00 bits per heavy atom. The number of pyridine rings is 1. The summed E-state index contributed by atoms with van der Waals surface area (Å²) in [6.07, 6.45) is 0.642. The van der Waals surface area contributed by atoms with E-state index in [1.54, 1.807) is 56.4 Å². The quantitative estimate of drug-likeness (QED) is 0.658. The van der Waals surface area contributed by atoms with Crippen LogP contribution in [0.4, 0.5) is 0 Å². The maximum absolute atomic E-state index is 12.9. The molecule has 1 aromatic carbocycles. The third-order valence-corrected chi connectivity index (χ3v) is 4.54. The fourth-order valence-electron chi connectivity index (χ4n) is 2.80. The molecule has 0 bridgehead atoms. The lowest BCUT2D eigenvalue weighted by atomic mass is 9.96. The van der Waals surface area contributed by atoms with Crippen LogP contribution in [0.5, 0.6) is 0 Å². The molecule has 0 fully saturated rings. The molecule has 3 rings (SSSR count). The van der Waals surface area contributed by atoms with Gasteiger partial charge in [0.25, 0.3) is 6.17 Å². The molecule has 0 unspecified atom stereocenters. The Kier molecular flexibility index (Phi) is 4.06. The molecule has 0 saturated heterocycles. The summed E-state index contributed by atoms with van der Waals surface area (Å²) in [4.78, 5) is 4.24. The molecule has 1 aliphatic rings.